The molecule has 1 amide bonds. The Morgan fingerprint density at radius 2 is 1.96 bits per heavy atom. The second-order valence-electron chi connectivity index (χ2n) is 5.95. The maximum Gasteiger partial charge on any atom is 0.220 e. The van der Waals surface area contributed by atoms with Gasteiger partial charge in [0.2, 0.25) is 5.91 Å². The summed E-state index contributed by atoms with van der Waals surface area (Å²) in [4.78, 5) is 24.3. The molecule has 6 heteroatoms. The number of ether oxygens (including phenoxy) is 1. The normalized spacial score (nSPS) is 20.8. The van der Waals surface area contributed by atoms with Crippen LogP contribution in [0.15, 0.2) is 22.7 Å². The Kier molecular flexibility index (Phi) is 6.59. The van der Waals surface area contributed by atoms with Gasteiger partial charge >= 0.3 is 0 Å². The van der Waals surface area contributed by atoms with Gasteiger partial charge in [0.05, 0.1) is 12.7 Å². The van der Waals surface area contributed by atoms with Crippen molar-refractivity contribution in [2.24, 2.45) is 5.73 Å². The zero-order valence-corrected chi connectivity index (χ0v) is 14.9. The van der Waals surface area contributed by atoms with Crippen molar-refractivity contribution in [1.29, 1.82) is 0 Å². The number of ketones is 1. The Labute approximate surface area is 145 Å². The van der Waals surface area contributed by atoms with Crippen molar-refractivity contribution in [2.45, 2.75) is 50.6 Å². The lowest BCUT2D eigenvalue weighted by atomic mass is 9.91. The zero-order chi connectivity index (χ0) is 16.8. The lowest BCUT2D eigenvalue weighted by molar-refractivity contribution is -0.122. The average molecular weight is 383 g/mol. The van der Waals surface area contributed by atoms with Gasteiger partial charge in [-0.15, -0.1) is 0 Å². The van der Waals surface area contributed by atoms with Gasteiger partial charge in [0.1, 0.15) is 5.75 Å². The molecule has 1 saturated carbocycles. The molecule has 0 aliphatic heterocycles. The van der Waals surface area contributed by atoms with Crippen molar-refractivity contribution in [1.82, 2.24) is 5.32 Å². The molecule has 0 aromatic heterocycles. The monoisotopic (exact) mass is 382 g/mol. The van der Waals surface area contributed by atoms with Crippen molar-refractivity contribution in [3.05, 3.63) is 28.2 Å². The molecule has 0 bridgehead atoms. The van der Waals surface area contributed by atoms with E-state index in [1.807, 2.05) is 6.07 Å². The molecular formula is C17H23BrN2O3. The largest absolute Gasteiger partial charge is 0.496 e. The minimum atomic E-state index is -0.0935. The number of hydrogen-bond acceptors (Lipinski definition) is 4. The Morgan fingerprint density at radius 3 is 2.61 bits per heavy atom. The van der Waals surface area contributed by atoms with E-state index in [1.54, 1.807) is 12.1 Å². The van der Waals surface area contributed by atoms with Crippen LogP contribution in [0.1, 0.15) is 48.9 Å². The first-order chi connectivity index (χ1) is 11.0. The molecule has 1 aliphatic carbocycles. The first-order valence-corrected chi connectivity index (χ1v) is 8.70. The number of nitrogens with one attached hydrogen (secondary N) is 1. The Bertz CT molecular complexity index is 569. The quantitative estimate of drug-likeness (QED) is 0.741. The number of Topliss-reactive ketones (excluding diaryl/α,β-unsaturated/α-hetero) is 1. The summed E-state index contributed by atoms with van der Waals surface area (Å²) in [6.45, 7) is 0. The minimum Gasteiger partial charge on any atom is -0.496 e. The third-order valence-electron chi connectivity index (χ3n) is 4.18. The maximum absolute atomic E-state index is 12.3. The second-order valence-corrected chi connectivity index (χ2v) is 6.86. The van der Waals surface area contributed by atoms with Crippen molar-refractivity contribution >= 4 is 27.6 Å². The molecule has 0 radical (unpaired) electrons. The lowest BCUT2D eigenvalue weighted by Gasteiger charge is -2.26. The zero-order valence-electron chi connectivity index (χ0n) is 13.3. The van der Waals surface area contributed by atoms with E-state index in [1.165, 1.54) is 7.11 Å². The summed E-state index contributed by atoms with van der Waals surface area (Å²) in [7, 11) is 1.53. The first kappa shape index (κ1) is 17.9. The molecule has 0 atom stereocenters. The van der Waals surface area contributed by atoms with Gasteiger partial charge in [0.15, 0.2) is 5.78 Å². The van der Waals surface area contributed by atoms with E-state index in [0.29, 0.717) is 11.3 Å². The fraction of sp³-hybridized carbons (Fsp3) is 0.529. The number of nitrogens with two attached hydrogens (primary N) is 1. The third kappa shape index (κ3) is 5.32. The molecule has 23 heavy (non-hydrogen) atoms. The van der Waals surface area contributed by atoms with Crippen LogP contribution >= 0.6 is 15.9 Å². The lowest BCUT2D eigenvalue weighted by Crippen LogP contribution is -2.40. The van der Waals surface area contributed by atoms with E-state index in [4.69, 9.17) is 10.5 Å². The highest BCUT2D eigenvalue weighted by molar-refractivity contribution is 9.10. The van der Waals surface area contributed by atoms with Crippen molar-refractivity contribution in [3.8, 4) is 5.75 Å². The second kappa shape index (κ2) is 8.45. The Hall–Kier alpha value is -1.40. The molecule has 3 N–H and O–H groups in total. The number of halogens is 1. The number of amides is 1. The molecule has 0 saturated heterocycles. The van der Waals surface area contributed by atoms with Gasteiger partial charge in [-0.25, -0.2) is 0 Å². The van der Waals surface area contributed by atoms with Crippen LogP contribution in [-0.2, 0) is 4.79 Å². The van der Waals surface area contributed by atoms with Crippen molar-refractivity contribution < 1.29 is 14.3 Å². The van der Waals surface area contributed by atoms with Crippen LogP contribution in [0.2, 0.25) is 0 Å². The van der Waals surface area contributed by atoms with E-state index in [-0.39, 0.29) is 36.6 Å². The van der Waals surface area contributed by atoms with Gasteiger partial charge < -0.3 is 15.8 Å². The first-order valence-electron chi connectivity index (χ1n) is 7.91. The standard InChI is InChI=1S/C17H23BrN2O3/c1-23-16-8-2-11(18)10-14(16)15(21)7-9-17(22)20-13-5-3-12(19)4-6-13/h2,8,10,12-13H,3-7,9,19H2,1H3,(H,20,22). The molecule has 0 spiro atoms. The van der Waals surface area contributed by atoms with Crippen LogP contribution in [0.25, 0.3) is 0 Å². The topological polar surface area (TPSA) is 81.4 Å². The van der Waals surface area contributed by atoms with Crippen LogP contribution in [0.5, 0.6) is 5.75 Å². The Balaban J connectivity index is 1.84. The fourth-order valence-corrected chi connectivity index (χ4v) is 3.18. The SMILES string of the molecule is COc1ccc(Br)cc1C(=O)CCC(=O)NC1CCC(N)CC1. The summed E-state index contributed by atoms with van der Waals surface area (Å²) in [5.74, 6) is 0.358. The molecular weight excluding hydrogens is 360 g/mol. The van der Waals surface area contributed by atoms with Gasteiger partial charge in [-0.1, -0.05) is 15.9 Å². The van der Waals surface area contributed by atoms with Crippen molar-refractivity contribution in [3.63, 3.8) is 0 Å². The molecule has 0 unspecified atom stereocenters. The molecule has 5 nitrogen and oxygen atoms in total. The van der Waals surface area contributed by atoms with Gasteiger partial charge in [-0.3, -0.25) is 9.59 Å². The van der Waals surface area contributed by atoms with Crippen LogP contribution in [0.3, 0.4) is 0 Å². The highest BCUT2D eigenvalue weighted by atomic mass is 79.9. The number of benzene rings is 1. The summed E-state index contributed by atoms with van der Waals surface area (Å²) in [5, 5.41) is 3.00. The van der Waals surface area contributed by atoms with Crippen molar-refractivity contribution in [2.75, 3.05) is 7.11 Å². The number of carbonyl (C=O) groups is 2. The molecule has 126 valence electrons. The molecule has 1 aliphatic rings. The summed E-state index contributed by atoms with van der Waals surface area (Å²) in [6, 6.07) is 5.73. The molecule has 1 fully saturated rings. The van der Waals surface area contributed by atoms with Crippen LogP contribution < -0.4 is 15.8 Å². The predicted octanol–water partition coefficient (Wildman–Crippen LogP) is 2.81. The molecule has 0 heterocycles. The van der Waals surface area contributed by atoms with E-state index < -0.39 is 0 Å². The van der Waals surface area contributed by atoms with Gasteiger partial charge in [-0.05, 0) is 43.9 Å². The van der Waals surface area contributed by atoms with E-state index in [0.717, 1.165) is 30.2 Å². The number of rotatable bonds is 6. The minimum absolute atomic E-state index is 0.0761. The third-order valence-corrected chi connectivity index (χ3v) is 4.67. The predicted molar refractivity (Wildman–Crippen MR) is 92.6 cm³/mol. The number of carbonyl (C=O) groups excluding carboxylic acids is 2. The Morgan fingerprint density at radius 1 is 1.26 bits per heavy atom. The fourth-order valence-electron chi connectivity index (χ4n) is 2.82. The summed E-state index contributed by atoms with van der Waals surface area (Å²) in [6.07, 6.45) is 4.08. The van der Waals surface area contributed by atoms with E-state index >= 15 is 0 Å². The number of hydrogen-bond donors (Lipinski definition) is 2. The van der Waals surface area contributed by atoms with E-state index in [9.17, 15) is 9.59 Å². The van der Waals surface area contributed by atoms with Crippen LogP contribution in [0, 0.1) is 0 Å². The van der Waals surface area contributed by atoms with E-state index in [2.05, 4.69) is 21.2 Å². The highest BCUT2D eigenvalue weighted by Gasteiger charge is 2.21. The molecule has 1 aromatic carbocycles. The van der Waals surface area contributed by atoms with Gasteiger partial charge in [0, 0.05) is 29.4 Å². The highest BCUT2D eigenvalue weighted by Crippen LogP contribution is 2.24. The summed E-state index contributed by atoms with van der Waals surface area (Å²) in [5.41, 5.74) is 6.36. The molecule has 2 rings (SSSR count). The maximum atomic E-state index is 12.3. The van der Waals surface area contributed by atoms with Gasteiger partial charge in [0.25, 0.3) is 0 Å². The average Bonchev–Trinajstić information content (AvgIpc) is 2.54. The van der Waals surface area contributed by atoms with Gasteiger partial charge in [-0.2, -0.15) is 0 Å². The smallest absolute Gasteiger partial charge is 0.220 e. The summed E-state index contributed by atoms with van der Waals surface area (Å²) < 4.78 is 6.02. The molecule has 1 aromatic rings. The number of methoxy groups -OCH3 is 1. The van der Waals surface area contributed by atoms with Crippen LogP contribution in [-0.4, -0.2) is 30.9 Å². The summed E-state index contributed by atoms with van der Waals surface area (Å²) >= 11 is 3.35. The van der Waals surface area contributed by atoms with Crippen LogP contribution in [0.4, 0.5) is 0 Å².